The first-order valence-corrected chi connectivity index (χ1v) is 9.82. The minimum atomic E-state index is -0.246. The van der Waals surface area contributed by atoms with Crippen molar-refractivity contribution in [2.75, 3.05) is 19.0 Å². The van der Waals surface area contributed by atoms with Gasteiger partial charge in [0.2, 0.25) is 0 Å². The van der Waals surface area contributed by atoms with Crippen LogP contribution in [0.1, 0.15) is 12.5 Å². The van der Waals surface area contributed by atoms with Crippen LogP contribution < -0.4 is 10.1 Å². The molecule has 0 radical (unpaired) electrons. The van der Waals surface area contributed by atoms with Gasteiger partial charge < -0.3 is 19.4 Å². The van der Waals surface area contributed by atoms with Crippen molar-refractivity contribution in [2.24, 2.45) is 0 Å². The van der Waals surface area contributed by atoms with Crippen molar-refractivity contribution in [1.82, 2.24) is 14.8 Å². The van der Waals surface area contributed by atoms with Gasteiger partial charge >= 0.3 is 0 Å². The number of nitrogens with zero attached hydrogens (tertiary/aromatic N) is 2. The predicted molar refractivity (Wildman–Crippen MR) is 116 cm³/mol. The Morgan fingerprint density at radius 1 is 1.13 bits per heavy atom. The lowest BCUT2D eigenvalue weighted by atomic mass is 10.2. The molecule has 2 aromatic carbocycles. The van der Waals surface area contributed by atoms with Gasteiger partial charge in [0.1, 0.15) is 12.4 Å². The number of rotatable bonds is 8. The van der Waals surface area contributed by atoms with E-state index in [-0.39, 0.29) is 12.5 Å². The molecule has 0 saturated heterocycles. The number of amides is 1. The van der Waals surface area contributed by atoms with Gasteiger partial charge in [0.15, 0.2) is 5.82 Å². The van der Waals surface area contributed by atoms with E-state index in [9.17, 15) is 4.79 Å². The number of carbonyl (C=O) groups is 1. The highest BCUT2D eigenvalue weighted by molar-refractivity contribution is 5.92. The van der Waals surface area contributed by atoms with Crippen molar-refractivity contribution >= 4 is 22.6 Å². The summed E-state index contributed by atoms with van der Waals surface area (Å²) < 4.78 is 13.0. The molecule has 2 heterocycles. The molecule has 0 aliphatic rings. The van der Waals surface area contributed by atoms with E-state index in [1.54, 1.807) is 7.11 Å². The molecule has 7 nitrogen and oxygen atoms in total. The molecule has 0 fully saturated rings. The Kier molecular flexibility index (Phi) is 5.81. The highest BCUT2D eigenvalue weighted by atomic mass is 16.5. The maximum atomic E-state index is 12.2. The number of benzene rings is 2. The zero-order chi connectivity index (χ0) is 20.9. The summed E-state index contributed by atoms with van der Waals surface area (Å²) in [7, 11) is 1.66. The lowest BCUT2D eigenvalue weighted by molar-refractivity contribution is -0.121. The number of ether oxygens (including phenoxy) is 2. The monoisotopic (exact) mass is 404 g/mol. The van der Waals surface area contributed by atoms with Gasteiger partial charge in [-0.05, 0) is 30.7 Å². The fourth-order valence-corrected chi connectivity index (χ4v) is 3.46. The summed E-state index contributed by atoms with van der Waals surface area (Å²) in [4.78, 5) is 12.2. The first-order chi connectivity index (χ1) is 14.7. The molecule has 0 bridgehead atoms. The second-order valence-corrected chi connectivity index (χ2v) is 6.89. The summed E-state index contributed by atoms with van der Waals surface area (Å²) >= 11 is 0. The van der Waals surface area contributed by atoms with Crippen molar-refractivity contribution < 1.29 is 14.3 Å². The number of aromatic nitrogens is 3. The first kappa shape index (κ1) is 19.7. The van der Waals surface area contributed by atoms with Crippen LogP contribution in [0, 0.1) is 0 Å². The van der Waals surface area contributed by atoms with E-state index in [1.807, 2.05) is 54.6 Å². The highest BCUT2D eigenvalue weighted by Gasteiger charge is 2.14. The Labute approximate surface area is 174 Å². The molecule has 2 aromatic heterocycles. The molecule has 4 aromatic rings. The van der Waals surface area contributed by atoms with Gasteiger partial charge in [-0.1, -0.05) is 30.3 Å². The molecule has 0 aliphatic heterocycles. The van der Waals surface area contributed by atoms with Crippen LogP contribution in [-0.4, -0.2) is 34.4 Å². The SMILES string of the molecule is CCn1c(-c2cc(NC(=O)COCc3ccccc3)n[nH]2)cc2ccc(OC)cc21. The van der Waals surface area contributed by atoms with Crippen molar-refractivity contribution in [2.45, 2.75) is 20.1 Å². The van der Waals surface area contributed by atoms with Crippen molar-refractivity contribution in [3.05, 3.63) is 66.2 Å². The molecule has 1 amide bonds. The Balaban J connectivity index is 1.44. The number of aromatic amines is 1. The summed E-state index contributed by atoms with van der Waals surface area (Å²) in [5.74, 6) is 1.03. The van der Waals surface area contributed by atoms with Gasteiger partial charge in [-0.15, -0.1) is 0 Å². The molecule has 0 aliphatic carbocycles. The van der Waals surface area contributed by atoms with Crippen LogP contribution in [0.2, 0.25) is 0 Å². The number of H-pyrrole nitrogens is 1. The quantitative estimate of drug-likeness (QED) is 0.461. The van der Waals surface area contributed by atoms with Crippen molar-refractivity contribution in [3.8, 4) is 17.1 Å². The molecule has 0 unspecified atom stereocenters. The van der Waals surface area contributed by atoms with Gasteiger partial charge in [0.25, 0.3) is 5.91 Å². The van der Waals surface area contributed by atoms with Gasteiger partial charge in [0, 0.05) is 24.1 Å². The molecule has 7 heteroatoms. The second-order valence-electron chi connectivity index (χ2n) is 6.89. The third-order valence-electron chi connectivity index (χ3n) is 4.89. The van der Waals surface area contributed by atoms with Crippen LogP contribution >= 0.6 is 0 Å². The van der Waals surface area contributed by atoms with Gasteiger partial charge in [-0.3, -0.25) is 9.89 Å². The number of carbonyl (C=O) groups excluding carboxylic acids is 1. The standard InChI is InChI=1S/C23H24N4O3/c1-3-27-20-12-18(29-2)10-9-17(20)11-21(27)19-13-22(26-25-19)24-23(28)15-30-14-16-7-5-4-6-8-16/h4-13H,3,14-15H2,1-2H3,(H2,24,25,26,28). The summed E-state index contributed by atoms with van der Waals surface area (Å²) in [5, 5.41) is 11.1. The molecule has 0 spiro atoms. The summed E-state index contributed by atoms with van der Waals surface area (Å²) in [6.45, 7) is 3.23. The fraction of sp³-hybridized carbons (Fsp3) is 0.217. The van der Waals surface area contributed by atoms with Gasteiger partial charge in [0.05, 0.1) is 30.6 Å². The average Bonchev–Trinajstić information content (AvgIpc) is 3.37. The van der Waals surface area contributed by atoms with E-state index >= 15 is 0 Å². The molecule has 2 N–H and O–H groups in total. The van der Waals surface area contributed by atoms with E-state index in [0.717, 1.165) is 40.1 Å². The minimum absolute atomic E-state index is 0.0356. The fourth-order valence-electron chi connectivity index (χ4n) is 3.46. The zero-order valence-corrected chi connectivity index (χ0v) is 17.0. The topological polar surface area (TPSA) is 81.2 Å². The summed E-state index contributed by atoms with van der Waals surface area (Å²) in [6, 6.07) is 19.7. The number of hydrogen-bond acceptors (Lipinski definition) is 4. The van der Waals surface area contributed by atoms with Crippen LogP contribution in [-0.2, 0) is 22.7 Å². The lowest BCUT2D eigenvalue weighted by Crippen LogP contribution is -2.18. The van der Waals surface area contributed by atoms with E-state index in [1.165, 1.54) is 0 Å². The average molecular weight is 404 g/mol. The van der Waals surface area contributed by atoms with Crippen LogP contribution in [0.5, 0.6) is 5.75 Å². The largest absolute Gasteiger partial charge is 0.497 e. The highest BCUT2D eigenvalue weighted by Crippen LogP contribution is 2.30. The number of hydrogen-bond donors (Lipinski definition) is 2. The molecule has 154 valence electrons. The van der Waals surface area contributed by atoms with Gasteiger partial charge in [-0.2, -0.15) is 5.10 Å². The van der Waals surface area contributed by atoms with E-state index in [4.69, 9.17) is 9.47 Å². The Bertz CT molecular complexity index is 1150. The molecular weight excluding hydrogens is 380 g/mol. The Morgan fingerprint density at radius 2 is 1.97 bits per heavy atom. The summed E-state index contributed by atoms with van der Waals surface area (Å²) in [6.07, 6.45) is 0. The smallest absolute Gasteiger partial charge is 0.251 e. The molecule has 4 rings (SSSR count). The molecular formula is C23H24N4O3. The third-order valence-corrected chi connectivity index (χ3v) is 4.89. The van der Waals surface area contributed by atoms with E-state index < -0.39 is 0 Å². The van der Waals surface area contributed by atoms with Crippen LogP contribution in [0.3, 0.4) is 0 Å². The Morgan fingerprint density at radius 3 is 2.73 bits per heavy atom. The maximum absolute atomic E-state index is 12.2. The third kappa shape index (κ3) is 4.21. The van der Waals surface area contributed by atoms with Crippen molar-refractivity contribution in [3.63, 3.8) is 0 Å². The number of nitrogens with one attached hydrogen (secondary N) is 2. The predicted octanol–water partition coefficient (Wildman–Crippen LogP) is 4.22. The van der Waals surface area contributed by atoms with Crippen LogP contribution in [0.4, 0.5) is 5.82 Å². The second kappa shape index (κ2) is 8.84. The first-order valence-electron chi connectivity index (χ1n) is 9.82. The van der Waals surface area contributed by atoms with Crippen LogP contribution in [0.15, 0.2) is 60.7 Å². The van der Waals surface area contributed by atoms with Crippen molar-refractivity contribution in [1.29, 1.82) is 0 Å². The molecule has 30 heavy (non-hydrogen) atoms. The van der Waals surface area contributed by atoms with Crippen LogP contribution in [0.25, 0.3) is 22.3 Å². The lowest BCUT2D eigenvalue weighted by Gasteiger charge is -2.07. The molecule has 0 saturated carbocycles. The molecule has 0 atom stereocenters. The van der Waals surface area contributed by atoms with E-state index in [0.29, 0.717) is 12.4 Å². The number of methoxy groups -OCH3 is 1. The van der Waals surface area contributed by atoms with Gasteiger partial charge in [-0.25, -0.2) is 0 Å². The number of anilines is 1. The summed E-state index contributed by atoms with van der Waals surface area (Å²) in [5.41, 5.74) is 3.93. The normalized spacial score (nSPS) is 11.0. The maximum Gasteiger partial charge on any atom is 0.251 e. The van der Waals surface area contributed by atoms with E-state index in [2.05, 4.69) is 33.1 Å². The zero-order valence-electron chi connectivity index (χ0n) is 17.0. The number of fused-ring (bicyclic) bond motifs is 1. The Hall–Kier alpha value is -3.58. The minimum Gasteiger partial charge on any atom is -0.497 e. The number of aryl methyl sites for hydroxylation is 1.